The Bertz CT molecular complexity index is 559. The van der Waals surface area contributed by atoms with Gasteiger partial charge >= 0.3 is 5.97 Å². The number of methoxy groups -OCH3 is 1. The number of carbonyl (C=O) groups excluding carboxylic acids is 2. The first-order chi connectivity index (χ1) is 9.68. The van der Waals surface area contributed by atoms with Crippen molar-refractivity contribution in [2.45, 2.75) is 33.1 Å². The van der Waals surface area contributed by atoms with Gasteiger partial charge in [0.25, 0.3) is 5.69 Å². The van der Waals surface area contributed by atoms with E-state index in [-0.39, 0.29) is 23.5 Å². The van der Waals surface area contributed by atoms with Crippen LogP contribution in [0.5, 0.6) is 0 Å². The lowest BCUT2D eigenvalue weighted by Crippen LogP contribution is -2.26. The third-order valence-electron chi connectivity index (χ3n) is 3.22. The van der Waals surface area contributed by atoms with Crippen molar-refractivity contribution < 1.29 is 19.2 Å². The minimum absolute atomic E-state index is 0.124. The molecule has 1 aromatic rings. The highest BCUT2D eigenvalue weighted by molar-refractivity contribution is 5.91. The van der Waals surface area contributed by atoms with Gasteiger partial charge in [0.1, 0.15) is 5.78 Å². The molecule has 0 unspecified atom stereocenters. The van der Waals surface area contributed by atoms with Crippen molar-refractivity contribution >= 4 is 17.4 Å². The van der Waals surface area contributed by atoms with Gasteiger partial charge < -0.3 is 4.74 Å². The van der Waals surface area contributed by atoms with Crippen LogP contribution in [-0.4, -0.2) is 23.8 Å². The van der Waals surface area contributed by atoms with E-state index < -0.39 is 22.2 Å². The average molecular weight is 293 g/mol. The highest BCUT2D eigenvalue weighted by Crippen LogP contribution is 2.32. The molecule has 21 heavy (non-hydrogen) atoms. The first-order valence-electron chi connectivity index (χ1n) is 6.53. The Morgan fingerprint density at radius 2 is 1.86 bits per heavy atom. The summed E-state index contributed by atoms with van der Waals surface area (Å²) in [4.78, 5) is 34.7. The summed E-state index contributed by atoms with van der Waals surface area (Å²) < 4.78 is 4.70. The SMILES string of the molecule is COC(=O)[C@@H](CC(=O)C(C)(C)C)c1ccccc1[N+](=O)[O-]. The quantitative estimate of drug-likeness (QED) is 0.473. The molecular formula is C15H19NO5. The largest absolute Gasteiger partial charge is 0.469 e. The Morgan fingerprint density at radius 1 is 1.29 bits per heavy atom. The van der Waals surface area contributed by atoms with Crippen molar-refractivity contribution in [2.75, 3.05) is 7.11 Å². The summed E-state index contributed by atoms with van der Waals surface area (Å²) in [6.45, 7) is 5.22. The van der Waals surface area contributed by atoms with Crippen molar-refractivity contribution in [3.05, 3.63) is 39.9 Å². The van der Waals surface area contributed by atoms with Crippen LogP contribution in [0, 0.1) is 15.5 Å². The van der Waals surface area contributed by atoms with Gasteiger partial charge in [0.15, 0.2) is 0 Å². The third kappa shape index (κ3) is 4.11. The van der Waals surface area contributed by atoms with E-state index in [4.69, 9.17) is 4.74 Å². The van der Waals surface area contributed by atoms with E-state index in [2.05, 4.69) is 0 Å². The molecule has 0 saturated heterocycles. The van der Waals surface area contributed by atoms with Crippen LogP contribution >= 0.6 is 0 Å². The first kappa shape index (κ1) is 16.8. The highest BCUT2D eigenvalue weighted by atomic mass is 16.6. The van der Waals surface area contributed by atoms with Crippen molar-refractivity contribution in [2.24, 2.45) is 5.41 Å². The average Bonchev–Trinajstić information content (AvgIpc) is 2.42. The summed E-state index contributed by atoms with van der Waals surface area (Å²) in [7, 11) is 1.20. The molecule has 6 heteroatoms. The Balaban J connectivity index is 3.25. The van der Waals surface area contributed by atoms with Gasteiger partial charge in [-0.2, -0.15) is 0 Å². The summed E-state index contributed by atoms with van der Waals surface area (Å²) in [6.07, 6.45) is -0.124. The van der Waals surface area contributed by atoms with Gasteiger partial charge in [0.05, 0.1) is 18.0 Å². The number of esters is 1. The van der Waals surface area contributed by atoms with E-state index in [1.165, 1.54) is 25.3 Å². The molecule has 0 spiro atoms. The van der Waals surface area contributed by atoms with E-state index in [0.717, 1.165) is 0 Å². The Morgan fingerprint density at radius 3 is 2.33 bits per heavy atom. The fourth-order valence-electron chi connectivity index (χ4n) is 1.90. The van der Waals surface area contributed by atoms with E-state index in [1.54, 1.807) is 26.8 Å². The number of hydrogen-bond donors (Lipinski definition) is 0. The number of nitrogens with zero attached hydrogens (tertiary/aromatic N) is 1. The molecule has 6 nitrogen and oxygen atoms in total. The first-order valence-corrected chi connectivity index (χ1v) is 6.53. The van der Waals surface area contributed by atoms with Crippen LogP contribution in [-0.2, 0) is 14.3 Å². The molecule has 1 aromatic carbocycles. The second kappa shape index (κ2) is 6.47. The summed E-state index contributed by atoms with van der Waals surface area (Å²) >= 11 is 0. The molecule has 0 aliphatic carbocycles. The predicted octanol–water partition coefficient (Wildman–Crippen LogP) is 2.86. The molecule has 114 valence electrons. The Hall–Kier alpha value is -2.24. The van der Waals surface area contributed by atoms with Crippen molar-refractivity contribution in [3.63, 3.8) is 0 Å². The number of benzene rings is 1. The molecule has 0 bridgehead atoms. The number of Topliss-reactive ketones (excluding diaryl/α,β-unsaturated/α-hetero) is 1. The molecule has 0 fully saturated rings. The molecule has 0 saturated carbocycles. The van der Waals surface area contributed by atoms with Crippen LogP contribution in [0.1, 0.15) is 38.7 Å². The Labute approximate surface area is 123 Å². The highest BCUT2D eigenvalue weighted by Gasteiger charge is 2.33. The van der Waals surface area contributed by atoms with Gasteiger partial charge in [-0.25, -0.2) is 0 Å². The van der Waals surface area contributed by atoms with Gasteiger partial charge in [0.2, 0.25) is 0 Å². The summed E-state index contributed by atoms with van der Waals surface area (Å²) in [5, 5.41) is 11.1. The van der Waals surface area contributed by atoms with Crippen LogP contribution in [0.4, 0.5) is 5.69 Å². The van der Waals surface area contributed by atoms with Crippen LogP contribution in [0.15, 0.2) is 24.3 Å². The normalized spacial score (nSPS) is 12.6. The monoisotopic (exact) mass is 293 g/mol. The minimum atomic E-state index is -0.969. The summed E-state index contributed by atoms with van der Waals surface area (Å²) in [5.74, 6) is -1.78. The fraction of sp³-hybridized carbons (Fsp3) is 0.467. The van der Waals surface area contributed by atoms with Crippen LogP contribution in [0.3, 0.4) is 0 Å². The predicted molar refractivity (Wildman–Crippen MR) is 76.9 cm³/mol. The zero-order chi connectivity index (χ0) is 16.2. The lowest BCUT2D eigenvalue weighted by Gasteiger charge is -2.20. The lowest BCUT2D eigenvalue weighted by molar-refractivity contribution is -0.385. The minimum Gasteiger partial charge on any atom is -0.469 e. The van der Waals surface area contributed by atoms with E-state index in [0.29, 0.717) is 0 Å². The van der Waals surface area contributed by atoms with E-state index in [1.807, 2.05) is 0 Å². The molecular weight excluding hydrogens is 274 g/mol. The number of rotatable bonds is 5. The number of ether oxygens (including phenoxy) is 1. The Kier molecular flexibility index (Phi) is 5.18. The number of nitro benzene ring substituents is 1. The van der Waals surface area contributed by atoms with Gasteiger partial charge in [-0.1, -0.05) is 39.0 Å². The summed E-state index contributed by atoms with van der Waals surface area (Å²) in [5.41, 5.74) is -0.614. The third-order valence-corrected chi connectivity index (χ3v) is 3.22. The van der Waals surface area contributed by atoms with Crippen LogP contribution in [0.2, 0.25) is 0 Å². The van der Waals surface area contributed by atoms with Crippen LogP contribution in [0.25, 0.3) is 0 Å². The van der Waals surface area contributed by atoms with Gasteiger partial charge in [-0.05, 0) is 0 Å². The fourth-order valence-corrected chi connectivity index (χ4v) is 1.90. The van der Waals surface area contributed by atoms with Crippen molar-refractivity contribution in [3.8, 4) is 0 Å². The molecule has 0 aromatic heterocycles. The standard InChI is InChI=1S/C15H19NO5/c1-15(2,3)13(17)9-11(14(18)21-4)10-7-5-6-8-12(10)16(19)20/h5-8,11H,9H2,1-4H3/t11-/m0/s1. The molecule has 0 heterocycles. The number of carbonyl (C=O) groups is 2. The number of hydrogen-bond acceptors (Lipinski definition) is 5. The van der Waals surface area contributed by atoms with Gasteiger partial charge in [-0.15, -0.1) is 0 Å². The molecule has 0 aliphatic heterocycles. The molecule has 0 radical (unpaired) electrons. The topological polar surface area (TPSA) is 86.5 Å². The molecule has 0 aliphatic rings. The lowest BCUT2D eigenvalue weighted by atomic mass is 9.82. The second-order valence-corrected chi connectivity index (χ2v) is 5.77. The molecule has 0 N–H and O–H groups in total. The zero-order valence-corrected chi connectivity index (χ0v) is 12.6. The maximum absolute atomic E-state index is 12.2. The summed E-state index contributed by atoms with van der Waals surface area (Å²) in [6, 6.07) is 5.91. The number of para-hydroxylation sites is 1. The smallest absolute Gasteiger partial charge is 0.313 e. The molecule has 1 atom stereocenters. The van der Waals surface area contributed by atoms with E-state index >= 15 is 0 Å². The molecule has 1 rings (SSSR count). The van der Waals surface area contributed by atoms with Gasteiger partial charge in [-0.3, -0.25) is 19.7 Å². The van der Waals surface area contributed by atoms with Crippen molar-refractivity contribution in [1.29, 1.82) is 0 Å². The maximum Gasteiger partial charge on any atom is 0.313 e. The van der Waals surface area contributed by atoms with Crippen LogP contribution < -0.4 is 0 Å². The molecule has 0 amide bonds. The second-order valence-electron chi connectivity index (χ2n) is 5.77. The van der Waals surface area contributed by atoms with Gasteiger partial charge in [0, 0.05) is 23.5 Å². The zero-order valence-electron chi connectivity index (χ0n) is 12.6. The number of nitro groups is 1. The number of ketones is 1. The van der Waals surface area contributed by atoms with E-state index in [9.17, 15) is 19.7 Å². The van der Waals surface area contributed by atoms with Crippen molar-refractivity contribution in [1.82, 2.24) is 0 Å². The maximum atomic E-state index is 12.2.